The number of benzene rings is 6. The fourth-order valence-electron chi connectivity index (χ4n) is 12.1. The Labute approximate surface area is 548 Å². The molecule has 5 nitrogen and oxygen atoms in total. The van der Waals surface area contributed by atoms with Gasteiger partial charge in [-0.3, -0.25) is 0 Å². The summed E-state index contributed by atoms with van der Waals surface area (Å²) >= 11 is 0. The van der Waals surface area contributed by atoms with E-state index < -0.39 is 19.6 Å². The molecule has 4 aromatic heterocycles. The standard InChI is InChI=1S/C30H37N2.3C18H24N/c1-19(2)23-17-25(20(3)4)29(26(18-23)21(5)6)32-28-16-12-11-15-27(28)31(8)30(32)24-14-10-9-13-22(24)7;2*1-13(2)10-16-7-9-18(19(5)12-16)17-8-6-14(3)11-15(17)4;1-13(2)10-16-12-19(5)18(11-15(16)4)17-9-7-6-8-14(17)3/h9-21H,1-8H3;3*6-9,11-13H,10H2,1-5H3/q4*+1/i;3D3,10D2;;10D2. The van der Waals surface area contributed by atoms with E-state index in [1.807, 2.05) is 107 Å². The molecule has 0 aliphatic carbocycles. The summed E-state index contributed by atoms with van der Waals surface area (Å²) in [5.41, 5.74) is 26.5. The van der Waals surface area contributed by atoms with Crippen LogP contribution in [0, 0.1) is 66.1 Å². The monoisotopic (exact) mass is 1190 g/mol. The zero-order valence-corrected chi connectivity index (χ0v) is 58.1. The summed E-state index contributed by atoms with van der Waals surface area (Å²) in [4.78, 5) is 0. The van der Waals surface area contributed by atoms with Gasteiger partial charge in [-0.15, -0.1) is 0 Å². The first-order chi connectivity index (χ1) is 44.9. The summed E-state index contributed by atoms with van der Waals surface area (Å²) in [6.45, 7) is 36.4. The van der Waals surface area contributed by atoms with E-state index in [0.29, 0.717) is 34.8 Å². The molecule has 4 heterocycles. The lowest BCUT2D eigenvalue weighted by molar-refractivity contribution is -0.661. The number of hydrogen-bond donors (Lipinski definition) is 0. The van der Waals surface area contributed by atoms with Gasteiger partial charge in [-0.2, -0.15) is 4.57 Å². The Bertz CT molecular complexity index is 4320. The molecule has 0 spiro atoms. The van der Waals surface area contributed by atoms with E-state index in [9.17, 15) is 0 Å². The minimum Gasteiger partial charge on any atom is -0.225 e. The average Bonchev–Trinajstić information content (AvgIpc) is 1.54. The summed E-state index contributed by atoms with van der Waals surface area (Å²) in [6, 6.07) is 52.9. The Hall–Kier alpha value is -7.76. The van der Waals surface area contributed by atoms with E-state index in [1.54, 1.807) is 12.1 Å². The van der Waals surface area contributed by atoms with Crippen LogP contribution in [0.2, 0.25) is 0 Å². The molecule has 0 aliphatic heterocycles. The molecule has 0 amide bonds. The van der Waals surface area contributed by atoms with Gasteiger partial charge in [0.05, 0.1) is 12.6 Å². The maximum Gasteiger partial charge on any atom is 0.295 e. The number of pyridine rings is 3. The van der Waals surface area contributed by atoms with Crippen molar-refractivity contribution in [2.45, 2.75) is 168 Å². The number of fused-ring (bicyclic) bond motifs is 1. The lowest BCUT2D eigenvalue weighted by Gasteiger charge is -2.21. The molecule has 10 aromatic rings. The van der Waals surface area contributed by atoms with Crippen LogP contribution in [0.25, 0.3) is 61.9 Å². The van der Waals surface area contributed by atoms with Gasteiger partial charge in [0.25, 0.3) is 5.82 Å². The van der Waals surface area contributed by atoms with Crippen LogP contribution in [0.3, 0.4) is 0 Å². The summed E-state index contributed by atoms with van der Waals surface area (Å²) < 4.78 is 66.7. The number of imidazole rings is 1. The molecule has 6 aromatic carbocycles. The molecular weight excluding hydrogens is 1080 g/mol. The maximum absolute atomic E-state index is 8.33. The first-order valence-electron chi connectivity index (χ1n) is 35.9. The Kier molecular flexibility index (Phi) is 20.3. The number of nitrogens with zero attached hydrogens (tertiary/aromatic N) is 5. The topological polar surface area (TPSA) is 20.4 Å². The molecule has 0 fully saturated rings. The first kappa shape index (κ1) is 58.9. The van der Waals surface area contributed by atoms with Gasteiger partial charge < -0.3 is 0 Å². The predicted octanol–water partition coefficient (Wildman–Crippen LogP) is 19.8. The predicted molar refractivity (Wildman–Crippen MR) is 380 cm³/mol. The molecule has 89 heavy (non-hydrogen) atoms. The third-order valence-electron chi connectivity index (χ3n) is 16.7. The Morgan fingerprint density at radius 1 is 0.416 bits per heavy atom. The van der Waals surface area contributed by atoms with Gasteiger partial charge in [0.2, 0.25) is 17.1 Å². The normalized spacial score (nSPS) is 13.0. The summed E-state index contributed by atoms with van der Waals surface area (Å²) in [7, 11) is 8.21. The zero-order valence-electron chi connectivity index (χ0n) is 65.1. The van der Waals surface area contributed by atoms with Gasteiger partial charge in [-0.05, 0) is 185 Å². The van der Waals surface area contributed by atoms with Crippen molar-refractivity contribution in [3.8, 4) is 50.8 Å². The highest BCUT2D eigenvalue weighted by Gasteiger charge is 2.32. The van der Waals surface area contributed by atoms with Crippen LogP contribution in [0.4, 0.5) is 0 Å². The van der Waals surface area contributed by atoms with Gasteiger partial charge >= 0.3 is 0 Å². The van der Waals surface area contributed by atoms with Crippen molar-refractivity contribution in [2.24, 2.45) is 45.9 Å². The van der Waals surface area contributed by atoms with Crippen LogP contribution < -0.4 is 18.3 Å². The van der Waals surface area contributed by atoms with Crippen molar-refractivity contribution in [3.63, 3.8) is 0 Å². The zero-order chi connectivity index (χ0) is 71.2. The molecule has 0 atom stereocenters. The van der Waals surface area contributed by atoms with Crippen molar-refractivity contribution in [2.75, 3.05) is 0 Å². The second-order valence-corrected chi connectivity index (χ2v) is 26.7. The average molecular weight is 1200 g/mol. The molecule has 466 valence electrons. The van der Waals surface area contributed by atoms with Crippen LogP contribution in [0.15, 0.2) is 170 Å². The molecule has 0 radical (unpaired) electrons. The second-order valence-electron chi connectivity index (χ2n) is 26.7. The van der Waals surface area contributed by atoms with Crippen molar-refractivity contribution in [1.29, 1.82) is 0 Å². The highest BCUT2D eigenvalue weighted by Crippen LogP contribution is 2.39. The number of hydrogen-bond acceptors (Lipinski definition) is 0. The first-order valence-corrected chi connectivity index (χ1v) is 32.4. The van der Waals surface area contributed by atoms with Gasteiger partial charge in [0, 0.05) is 72.3 Å². The van der Waals surface area contributed by atoms with Gasteiger partial charge in [-0.25, -0.2) is 18.3 Å². The molecular formula is C84H109N5+4. The minimum atomic E-state index is -2.11. The quantitative estimate of drug-likeness (QED) is 0.0968. The lowest BCUT2D eigenvalue weighted by Crippen LogP contribution is -2.32. The molecule has 0 saturated heterocycles. The number of aryl methyl sites for hydroxylation is 11. The van der Waals surface area contributed by atoms with Gasteiger partial charge in [0.15, 0.2) is 29.6 Å². The Morgan fingerprint density at radius 2 is 0.899 bits per heavy atom. The molecule has 0 saturated carbocycles. The fourth-order valence-corrected chi connectivity index (χ4v) is 12.1. The van der Waals surface area contributed by atoms with E-state index in [0.717, 1.165) is 40.1 Å². The van der Waals surface area contributed by atoms with E-state index in [-0.39, 0.29) is 11.8 Å². The maximum atomic E-state index is 8.33. The SMILES string of the molecule is Cc1ccc(-c2ccc(CC(C)C)c[n+]2C)c(C)c1.Cc1ccccc1-c1n(-c2c(C(C)C)cc(C(C)C)cc2C(C)C)c2ccccc2[n+]1C.[2H]C([2H])([2H])c1ccc(-c2ccc(C([2H])([2H])C(C)C)c[n+]2C)c(C)c1.[2H]C([2H])(c1c[n+](C)c(-c2ccccc2C)cc1C)C(C)C. The Balaban J connectivity index is 0.000000185. The fraction of sp³-hybridized carbons (Fsp3) is 0.381. The molecule has 0 N–H and O–H groups in total. The molecule has 0 bridgehead atoms. The summed E-state index contributed by atoms with van der Waals surface area (Å²) in [5, 5.41) is 0. The van der Waals surface area contributed by atoms with E-state index in [1.165, 1.54) is 89.4 Å². The van der Waals surface area contributed by atoms with E-state index in [4.69, 9.17) is 9.60 Å². The molecule has 0 unspecified atom stereocenters. The summed E-state index contributed by atoms with van der Waals surface area (Å²) in [6.07, 6.45) is 4.45. The smallest absolute Gasteiger partial charge is 0.225 e. The minimum absolute atomic E-state index is 0.0551. The Morgan fingerprint density at radius 3 is 1.40 bits per heavy atom. The highest BCUT2D eigenvalue weighted by molar-refractivity contribution is 5.81. The van der Waals surface area contributed by atoms with Crippen LogP contribution >= 0.6 is 0 Å². The largest absolute Gasteiger partial charge is 0.295 e. The lowest BCUT2D eigenvalue weighted by atomic mass is 9.87. The highest BCUT2D eigenvalue weighted by atomic mass is 15.2. The van der Waals surface area contributed by atoms with Crippen LogP contribution in [0.1, 0.15) is 183 Å². The number of rotatable bonds is 14. The van der Waals surface area contributed by atoms with Crippen LogP contribution in [-0.4, -0.2) is 4.57 Å². The van der Waals surface area contributed by atoms with Crippen LogP contribution in [-0.2, 0) is 47.4 Å². The second kappa shape index (κ2) is 30.6. The van der Waals surface area contributed by atoms with Gasteiger partial charge in [-0.1, -0.05) is 179 Å². The van der Waals surface area contributed by atoms with Crippen molar-refractivity contribution >= 4 is 11.0 Å². The number of para-hydroxylation sites is 2. The summed E-state index contributed by atoms with van der Waals surface area (Å²) in [5.74, 6) is 3.13. The van der Waals surface area contributed by atoms with E-state index in [2.05, 4.69) is 226 Å². The van der Waals surface area contributed by atoms with Crippen molar-refractivity contribution in [1.82, 2.24) is 4.57 Å². The van der Waals surface area contributed by atoms with Crippen molar-refractivity contribution in [3.05, 3.63) is 243 Å². The third kappa shape index (κ3) is 17.1. The molecule has 10 rings (SSSR count). The van der Waals surface area contributed by atoms with Crippen molar-refractivity contribution < 1.29 is 27.9 Å². The molecule has 0 aliphatic rings. The van der Waals surface area contributed by atoms with Gasteiger partial charge in [0.1, 0.15) is 26.8 Å². The number of aromatic nitrogens is 5. The van der Waals surface area contributed by atoms with E-state index >= 15 is 0 Å². The third-order valence-corrected chi connectivity index (χ3v) is 16.7. The van der Waals surface area contributed by atoms with Crippen LogP contribution in [0.5, 0.6) is 0 Å². The molecule has 5 heteroatoms.